The quantitative estimate of drug-likeness (QED) is 0.889. The summed E-state index contributed by atoms with van der Waals surface area (Å²) in [7, 11) is 1.95. The van der Waals surface area contributed by atoms with Gasteiger partial charge in [-0.05, 0) is 32.0 Å². The lowest BCUT2D eigenvalue weighted by Crippen LogP contribution is -2.10. The zero-order chi connectivity index (χ0) is 12.4. The van der Waals surface area contributed by atoms with Crippen molar-refractivity contribution in [3.63, 3.8) is 0 Å². The minimum atomic E-state index is 0.636. The summed E-state index contributed by atoms with van der Waals surface area (Å²) in [6, 6.07) is 3.90. The van der Waals surface area contributed by atoms with Crippen LogP contribution in [-0.4, -0.2) is 22.0 Å². The van der Waals surface area contributed by atoms with Gasteiger partial charge in [-0.1, -0.05) is 0 Å². The zero-order valence-corrected chi connectivity index (χ0v) is 10.4. The molecule has 0 unspecified atom stereocenters. The zero-order valence-electron chi connectivity index (χ0n) is 10.4. The third-order valence-corrected chi connectivity index (χ3v) is 3.17. The molecular formula is C14H16N4. The molecule has 2 heterocycles. The summed E-state index contributed by atoms with van der Waals surface area (Å²) in [5.41, 5.74) is 3.46. The molecule has 0 aliphatic heterocycles. The van der Waals surface area contributed by atoms with Gasteiger partial charge in [0.05, 0.1) is 5.69 Å². The van der Waals surface area contributed by atoms with Crippen molar-refractivity contribution >= 4 is 0 Å². The molecule has 1 aliphatic carbocycles. The van der Waals surface area contributed by atoms with E-state index in [2.05, 4.69) is 15.3 Å². The molecule has 4 heteroatoms. The smallest absolute Gasteiger partial charge is 0.159 e. The summed E-state index contributed by atoms with van der Waals surface area (Å²) >= 11 is 0. The minimum Gasteiger partial charge on any atom is -0.316 e. The Labute approximate surface area is 107 Å². The topological polar surface area (TPSA) is 50.7 Å². The maximum atomic E-state index is 4.74. The van der Waals surface area contributed by atoms with Crippen LogP contribution in [0.5, 0.6) is 0 Å². The van der Waals surface area contributed by atoms with E-state index in [1.165, 1.54) is 24.1 Å². The number of rotatable bonds is 4. The van der Waals surface area contributed by atoms with Crippen LogP contribution in [0.3, 0.4) is 0 Å². The van der Waals surface area contributed by atoms with Gasteiger partial charge in [-0.2, -0.15) is 0 Å². The van der Waals surface area contributed by atoms with E-state index in [1.807, 2.05) is 25.4 Å². The van der Waals surface area contributed by atoms with Crippen LogP contribution in [0.15, 0.2) is 30.7 Å². The standard InChI is InChI=1S/C14H16N4/c1-15-8-12-9-17-14(11-4-6-16-7-5-11)18-13(12)10-2-3-10/h4-7,9-10,15H,2-3,8H2,1H3. The van der Waals surface area contributed by atoms with Gasteiger partial charge in [-0.15, -0.1) is 0 Å². The summed E-state index contributed by atoms with van der Waals surface area (Å²) in [5, 5.41) is 3.18. The summed E-state index contributed by atoms with van der Waals surface area (Å²) in [5.74, 6) is 1.44. The average Bonchev–Trinajstić information content (AvgIpc) is 3.25. The molecule has 92 valence electrons. The van der Waals surface area contributed by atoms with Crippen LogP contribution in [0.1, 0.15) is 30.0 Å². The fourth-order valence-electron chi connectivity index (χ4n) is 2.10. The molecule has 4 nitrogen and oxygen atoms in total. The largest absolute Gasteiger partial charge is 0.316 e. The predicted octanol–water partition coefficient (Wildman–Crippen LogP) is 2.14. The van der Waals surface area contributed by atoms with Crippen LogP contribution in [0, 0.1) is 0 Å². The average molecular weight is 240 g/mol. The number of nitrogens with zero attached hydrogens (tertiary/aromatic N) is 3. The Morgan fingerprint density at radius 1 is 1.28 bits per heavy atom. The Bertz CT molecular complexity index is 535. The van der Waals surface area contributed by atoms with Crippen molar-refractivity contribution in [2.24, 2.45) is 0 Å². The Hall–Kier alpha value is -1.81. The van der Waals surface area contributed by atoms with E-state index < -0.39 is 0 Å². The molecule has 2 aromatic heterocycles. The fraction of sp³-hybridized carbons (Fsp3) is 0.357. The second kappa shape index (κ2) is 4.82. The van der Waals surface area contributed by atoms with Gasteiger partial charge in [0.15, 0.2) is 5.82 Å². The first-order valence-electron chi connectivity index (χ1n) is 6.29. The van der Waals surface area contributed by atoms with Gasteiger partial charge < -0.3 is 5.32 Å². The highest BCUT2D eigenvalue weighted by atomic mass is 14.9. The molecule has 0 amide bonds. The van der Waals surface area contributed by atoms with Gasteiger partial charge >= 0.3 is 0 Å². The highest BCUT2D eigenvalue weighted by Crippen LogP contribution is 2.40. The van der Waals surface area contributed by atoms with Gasteiger partial charge in [0.1, 0.15) is 0 Å². The van der Waals surface area contributed by atoms with Gasteiger partial charge in [-0.25, -0.2) is 9.97 Å². The SMILES string of the molecule is CNCc1cnc(-c2ccncc2)nc1C1CC1. The molecule has 1 fully saturated rings. The molecule has 2 aromatic rings. The van der Waals surface area contributed by atoms with Crippen molar-refractivity contribution in [3.8, 4) is 11.4 Å². The van der Waals surface area contributed by atoms with E-state index in [4.69, 9.17) is 4.98 Å². The molecule has 0 aromatic carbocycles. The van der Waals surface area contributed by atoms with E-state index in [9.17, 15) is 0 Å². The van der Waals surface area contributed by atoms with Gasteiger partial charge in [0, 0.05) is 42.2 Å². The number of hydrogen-bond acceptors (Lipinski definition) is 4. The van der Waals surface area contributed by atoms with E-state index in [-0.39, 0.29) is 0 Å². The lowest BCUT2D eigenvalue weighted by molar-refractivity contribution is 0.784. The number of hydrogen-bond donors (Lipinski definition) is 1. The number of aromatic nitrogens is 3. The predicted molar refractivity (Wildman–Crippen MR) is 70.0 cm³/mol. The fourth-order valence-corrected chi connectivity index (χ4v) is 2.10. The molecule has 18 heavy (non-hydrogen) atoms. The molecule has 1 N–H and O–H groups in total. The van der Waals surface area contributed by atoms with Crippen molar-refractivity contribution in [1.82, 2.24) is 20.3 Å². The Morgan fingerprint density at radius 3 is 2.72 bits per heavy atom. The number of nitrogens with one attached hydrogen (secondary N) is 1. The van der Waals surface area contributed by atoms with Crippen LogP contribution in [0.25, 0.3) is 11.4 Å². The molecular weight excluding hydrogens is 224 g/mol. The van der Waals surface area contributed by atoms with Crippen molar-refractivity contribution in [2.75, 3.05) is 7.05 Å². The van der Waals surface area contributed by atoms with E-state index in [1.54, 1.807) is 12.4 Å². The first-order valence-corrected chi connectivity index (χ1v) is 6.29. The second-order valence-corrected chi connectivity index (χ2v) is 4.64. The molecule has 0 saturated heterocycles. The van der Waals surface area contributed by atoms with E-state index in [0.717, 1.165) is 17.9 Å². The highest BCUT2D eigenvalue weighted by molar-refractivity contribution is 5.54. The van der Waals surface area contributed by atoms with E-state index in [0.29, 0.717) is 5.92 Å². The molecule has 1 saturated carbocycles. The van der Waals surface area contributed by atoms with Crippen molar-refractivity contribution in [1.29, 1.82) is 0 Å². The van der Waals surface area contributed by atoms with Crippen LogP contribution in [0.4, 0.5) is 0 Å². The van der Waals surface area contributed by atoms with E-state index >= 15 is 0 Å². The minimum absolute atomic E-state index is 0.636. The van der Waals surface area contributed by atoms with Crippen LogP contribution < -0.4 is 5.32 Å². The van der Waals surface area contributed by atoms with Crippen LogP contribution >= 0.6 is 0 Å². The highest BCUT2D eigenvalue weighted by Gasteiger charge is 2.28. The van der Waals surface area contributed by atoms with Crippen LogP contribution in [0.2, 0.25) is 0 Å². The Kier molecular flexibility index (Phi) is 3.02. The Balaban J connectivity index is 2.00. The summed E-state index contributed by atoms with van der Waals surface area (Å²) in [6.45, 7) is 0.836. The molecule has 0 spiro atoms. The summed E-state index contributed by atoms with van der Waals surface area (Å²) < 4.78 is 0. The Morgan fingerprint density at radius 2 is 2.06 bits per heavy atom. The van der Waals surface area contributed by atoms with Crippen molar-refractivity contribution in [2.45, 2.75) is 25.3 Å². The summed E-state index contributed by atoms with van der Waals surface area (Å²) in [6.07, 6.45) is 8.01. The lowest BCUT2D eigenvalue weighted by Gasteiger charge is -2.09. The lowest BCUT2D eigenvalue weighted by atomic mass is 10.1. The van der Waals surface area contributed by atoms with Crippen LogP contribution in [-0.2, 0) is 6.54 Å². The monoisotopic (exact) mass is 240 g/mol. The third kappa shape index (κ3) is 2.24. The first-order chi connectivity index (χ1) is 8.88. The third-order valence-electron chi connectivity index (χ3n) is 3.17. The molecule has 0 bridgehead atoms. The van der Waals surface area contributed by atoms with Gasteiger partial charge in [0.25, 0.3) is 0 Å². The normalized spacial score (nSPS) is 14.7. The first kappa shape index (κ1) is 11.3. The maximum Gasteiger partial charge on any atom is 0.159 e. The van der Waals surface area contributed by atoms with Crippen molar-refractivity contribution in [3.05, 3.63) is 42.0 Å². The second-order valence-electron chi connectivity index (χ2n) is 4.64. The molecule has 0 radical (unpaired) electrons. The maximum absolute atomic E-state index is 4.74. The number of pyridine rings is 1. The van der Waals surface area contributed by atoms with Gasteiger partial charge in [-0.3, -0.25) is 4.98 Å². The molecule has 1 aliphatic rings. The molecule has 0 atom stereocenters. The van der Waals surface area contributed by atoms with Crippen molar-refractivity contribution < 1.29 is 0 Å². The molecule has 3 rings (SSSR count). The van der Waals surface area contributed by atoms with Gasteiger partial charge in [0.2, 0.25) is 0 Å². The summed E-state index contributed by atoms with van der Waals surface area (Å²) in [4.78, 5) is 13.2.